The summed E-state index contributed by atoms with van der Waals surface area (Å²) >= 11 is 0. The summed E-state index contributed by atoms with van der Waals surface area (Å²) in [5.41, 5.74) is 1.60. The second-order valence-corrected chi connectivity index (χ2v) is 10.2. The van der Waals surface area contributed by atoms with Crippen LogP contribution < -0.4 is 9.47 Å². The van der Waals surface area contributed by atoms with Crippen molar-refractivity contribution in [2.45, 2.75) is 32.3 Å². The fourth-order valence-corrected chi connectivity index (χ4v) is 5.07. The van der Waals surface area contributed by atoms with Crippen molar-refractivity contribution in [3.05, 3.63) is 136 Å². The maximum Gasteiger partial charge on any atom is 0.416 e. The van der Waals surface area contributed by atoms with Crippen LogP contribution in [-0.4, -0.2) is 28.8 Å². The lowest BCUT2D eigenvalue weighted by Crippen LogP contribution is -2.29. The molecule has 1 heterocycles. The molecule has 0 aliphatic carbocycles. The van der Waals surface area contributed by atoms with Gasteiger partial charge in [0.2, 0.25) is 0 Å². The van der Waals surface area contributed by atoms with Crippen molar-refractivity contribution in [1.29, 1.82) is 0 Å². The number of aliphatic hydroxyl groups is 1. The quantitative estimate of drug-likeness (QED) is 0.134. The summed E-state index contributed by atoms with van der Waals surface area (Å²) in [7, 11) is 1.49. The minimum Gasteiger partial charge on any atom is -0.507 e. The predicted octanol–water partition coefficient (Wildman–Crippen LogP) is 7.22. The highest BCUT2D eigenvalue weighted by Crippen LogP contribution is 2.41. The van der Waals surface area contributed by atoms with Crippen LogP contribution in [0.15, 0.2) is 103 Å². The van der Waals surface area contributed by atoms with Gasteiger partial charge in [-0.15, -0.1) is 0 Å². The average Bonchev–Trinajstić information content (AvgIpc) is 3.25. The van der Waals surface area contributed by atoms with Crippen molar-refractivity contribution in [1.82, 2.24) is 4.90 Å². The number of aliphatic hydroxyl groups excluding tert-OH is 1. The summed E-state index contributed by atoms with van der Waals surface area (Å²) < 4.78 is 51.3. The van der Waals surface area contributed by atoms with Gasteiger partial charge in [0.1, 0.15) is 23.9 Å². The Bertz CT molecular complexity index is 1680. The second kappa shape index (κ2) is 12.1. The number of likely N-dealkylation sites (tertiary alicyclic amines) is 1. The molecule has 220 valence electrons. The van der Waals surface area contributed by atoms with Gasteiger partial charge < -0.3 is 19.5 Å². The lowest BCUT2D eigenvalue weighted by Gasteiger charge is -2.26. The number of aryl methyl sites for hydroxylation is 1. The van der Waals surface area contributed by atoms with Gasteiger partial charge in [-0.2, -0.15) is 13.2 Å². The molecule has 1 saturated heterocycles. The topological polar surface area (TPSA) is 76.1 Å². The highest BCUT2D eigenvalue weighted by Gasteiger charge is 2.46. The fraction of sp³-hybridized carbons (Fsp3) is 0.176. The third-order valence-electron chi connectivity index (χ3n) is 7.26. The zero-order valence-electron chi connectivity index (χ0n) is 23.4. The third kappa shape index (κ3) is 6.25. The lowest BCUT2D eigenvalue weighted by atomic mass is 9.94. The van der Waals surface area contributed by atoms with E-state index >= 15 is 0 Å². The van der Waals surface area contributed by atoms with Gasteiger partial charge in [0.15, 0.2) is 0 Å². The van der Waals surface area contributed by atoms with Gasteiger partial charge in [0, 0.05) is 12.1 Å². The molecule has 1 amide bonds. The number of methoxy groups -OCH3 is 1. The molecule has 1 N–H and O–H groups in total. The van der Waals surface area contributed by atoms with E-state index in [0.717, 1.165) is 17.7 Å². The Kier molecular flexibility index (Phi) is 8.25. The van der Waals surface area contributed by atoms with E-state index in [9.17, 15) is 27.9 Å². The number of nitrogens with zero attached hydrogens (tertiary/aromatic N) is 1. The van der Waals surface area contributed by atoms with Crippen molar-refractivity contribution in [2.75, 3.05) is 7.11 Å². The normalized spacial score (nSPS) is 16.4. The molecule has 5 rings (SSSR count). The number of rotatable bonds is 8. The van der Waals surface area contributed by atoms with E-state index in [1.807, 2.05) is 30.3 Å². The molecule has 0 saturated carbocycles. The Morgan fingerprint density at radius 2 is 1.58 bits per heavy atom. The van der Waals surface area contributed by atoms with E-state index in [4.69, 9.17) is 9.47 Å². The third-order valence-corrected chi connectivity index (χ3v) is 7.26. The zero-order valence-corrected chi connectivity index (χ0v) is 23.4. The Morgan fingerprint density at radius 3 is 2.23 bits per heavy atom. The van der Waals surface area contributed by atoms with Gasteiger partial charge in [-0.3, -0.25) is 9.59 Å². The van der Waals surface area contributed by atoms with E-state index < -0.39 is 35.2 Å². The van der Waals surface area contributed by atoms with Crippen LogP contribution in [0.4, 0.5) is 13.2 Å². The number of carbonyl (C=O) groups is 2. The number of ether oxygens (including phenoxy) is 2. The van der Waals surface area contributed by atoms with Crippen molar-refractivity contribution < 1.29 is 37.3 Å². The molecule has 1 atom stereocenters. The molecule has 1 aliphatic rings. The fourth-order valence-electron chi connectivity index (χ4n) is 5.07. The van der Waals surface area contributed by atoms with E-state index in [1.54, 1.807) is 49.4 Å². The van der Waals surface area contributed by atoms with Crippen LogP contribution >= 0.6 is 0 Å². The number of ketones is 1. The van der Waals surface area contributed by atoms with Crippen LogP contribution in [0.25, 0.3) is 5.76 Å². The van der Waals surface area contributed by atoms with Gasteiger partial charge in [0.05, 0.1) is 24.3 Å². The summed E-state index contributed by atoms with van der Waals surface area (Å²) in [5.74, 6) is -1.16. The van der Waals surface area contributed by atoms with Crippen LogP contribution in [0.1, 0.15) is 39.4 Å². The van der Waals surface area contributed by atoms with E-state index in [-0.39, 0.29) is 17.7 Å². The molecule has 1 aliphatic heterocycles. The average molecular weight is 588 g/mol. The highest BCUT2D eigenvalue weighted by molar-refractivity contribution is 6.46. The highest BCUT2D eigenvalue weighted by atomic mass is 19.4. The van der Waals surface area contributed by atoms with Gasteiger partial charge in [-0.1, -0.05) is 54.6 Å². The standard InChI is InChI=1S/C34H28F3NO5/c1-21-17-25(13-16-28(21)43-20-22-7-4-3-5-8-22)31(39)29-30(24-11-14-27(42-2)15-12-24)38(33(41)32(29)40)19-23-9-6-10-26(18-23)34(35,36)37/h3-18,30,39H,19-20H2,1-2H3/b31-29+. The molecule has 4 aromatic carbocycles. The van der Waals surface area contributed by atoms with Crippen LogP contribution in [0.5, 0.6) is 11.5 Å². The number of Topliss-reactive ketones (excluding diaryl/α,β-unsaturated/α-hetero) is 1. The number of halogens is 3. The van der Waals surface area contributed by atoms with E-state index in [0.29, 0.717) is 34.8 Å². The molecule has 0 bridgehead atoms. The minimum absolute atomic E-state index is 0.167. The number of hydrogen-bond donors (Lipinski definition) is 1. The van der Waals surface area contributed by atoms with Crippen LogP contribution in [-0.2, 0) is 28.9 Å². The minimum atomic E-state index is -4.58. The maximum absolute atomic E-state index is 13.4. The van der Waals surface area contributed by atoms with Crippen molar-refractivity contribution >= 4 is 17.4 Å². The van der Waals surface area contributed by atoms with Gasteiger partial charge in [0.25, 0.3) is 11.7 Å². The Labute approximate surface area is 246 Å². The number of alkyl halides is 3. The molecule has 1 fully saturated rings. The summed E-state index contributed by atoms with van der Waals surface area (Å²) in [6.45, 7) is 1.85. The molecule has 0 radical (unpaired) electrons. The van der Waals surface area contributed by atoms with Gasteiger partial charge in [-0.25, -0.2) is 0 Å². The molecule has 4 aromatic rings. The first-order chi connectivity index (χ1) is 20.6. The summed E-state index contributed by atoms with van der Waals surface area (Å²) in [6, 6.07) is 24.6. The molecule has 0 spiro atoms. The van der Waals surface area contributed by atoms with Crippen molar-refractivity contribution in [3.8, 4) is 11.5 Å². The first-order valence-corrected chi connectivity index (χ1v) is 13.4. The van der Waals surface area contributed by atoms with Crippen LogP contribution in [0.3, 0.4) is 0 Å². The molecule has 9 heteroatoms. The molecule has 43 heavy (non-hydrogen) atoms. The molecule has 0 aromatic heterocycles. The monoisotopic (exact) mass is 587 g/mol. The molecular weight excluding hydrogens is 559 g/mol. The number of carbonyl (C=O) groups excluding carboxylic acids is 2. The van der Waals surface area contributed by atoms with Crippen molar-refractivity contribution in [3.63, 3.8) is 0 Å². The smallest absolute Gasteiger partial charge is 0.416 e. The summed E-state index contributed by atoms with van der Waals surface area (Å²) in [4.78, 5) is 28.0. The molecular formula is C34H28F3NO5. The van der Waals surface area contributed by atoms with Gasteiger partial charge >= 0.3 is 6.18 Å². The molecule has 1 unspecified atom stereocenters. The van der Waals surface area contributed by atoms with Gasteiger partial charge in [-0.05, 0) is 71.6 Å². The summed E-state index contributed by atoms with van der Waals surface area (Å²) in [5, 5.41) is 11.5. The second-order valence-electron chi connectivity index (χ2n) is 10.2. The van der Waals surface area contributed by atoms with Crippen LogP contribution in [0.2, 0.25) is 0 Å². The number of hydrogen-bond acceptors (Lipinski definition) is 5. The summed E-state index contributed by atoms with van der Waals surface area (Å²) in [6.07, 6.45) is -4.58. The zero-order chi connectivity index (χ0) is 30.7. The van der Waals surface area contributed by atoms with E-state index in [1.165, 1.54) is 24.1 Å². The first-order valence-electron chi connectivity index (χ1n) is 13.4. The Morgan fingerprint density at radius 1 is 0.884 bits per heavy atom. The maximum atomic E-state index is 13.4. The van der Waals surface area contributed by atoms with Crippen LogP contribution in [0, 0.1) is 6.92 Å². The molecule has 6 nitrogen and oxygen atoms in total. The first kappa shape index (κ1) is 29.4. The SMILES string of the molecule is COc1ccc(C2/C(=C(\O)c3ccc(OCc4ccccc4)c(C)c3)C(=O)C(=O)N2Cc2cccc(C(F)(F)F)c2)cc1. The Balaban J connectivity index is 1.53. The predicted molar refractivity (Wildman–Crippen MR) is 154 cm³/mol. The van der Waals surface area contributed by atoms with E-state index in [2.05, 4.69) is 0 Å². The number of benzene rings is 4. The Hall–Kier alpha value is -5.05. The number of amides is 1. The van der Waals surface area contributed by atoms with Crippen molar-refractivity contribution in [2.24, 2.45) is 0 Å². The lowest BCUT2D eigenvalue weighted by molar-refractivity contribution is -0.140. The largest absolute Gasteiger partial charge is 0.507 e.